The summed E-state index contributed by atoms with van der Waals surface area (Å²) in [5.41, 5.74) is 4.93. The molecule has 5 aromatic rings. The van der Waals surface area contributed by atoms with Crippen molar-refractivity contribution in [3.63, 3.8) is 0 Å². The van der Waals surface area contributed by atoms with E-state index in [0.717, 1.165) is 40.2 Å². The molecule has 0 unspecified atom stereocenters. The first-order valence-electron chi connectivity index (χ1n) is 10.6. The van der Waals surface area contributed by atoms with Gasteiger partial charge in [-0.2, -0.15) is 0 Å². The first-order chi connectivity index (χ1) is 14.7. The predicted molar refractivity (Wildman–Crippen MR) is 125 cm³/mol. The van der Waals surface area contributed by atoms with Crippen molar-refractivity contribution in [1.82, 2.24) is 4.98 Å². The van der Waals surface area contributed by atoms with E-state index in [0.29, 0.717) is 0 Å². The van der Waals surface area contributed by atoms with E-state index < -0.39 is 0 Å². The van der Waals surface area contributed by atoms with Gasteiger partial charge in [-0.3, -0.25) is 4.98 Å². The fourth-order valence-corrected chi connectivity index (χ4v) is 4.55. The molecule has 0 atom stereocenters. The van der Waals surface area contributed by atoms with Gasteiger partial charge in [0.1, 0.15) is 5.82 Å². The van der Waals surface area contributed by atoms with Crippen LogP contribution in [0.2, 0.25) is 0 Å². The zero-order valence-corrected chi connectivity index (χ0v) is 17.2. The first kappa shape index (κ1) is 18.7. The molecule has 0 N–H and O–H groups in total. The maximum atomic E-state index is 14.3. The van der Waals surface area contributed by atoms with Crippen LogP contribution in [-0.4, -0.2) is 4.98 Å². The summed E-state index contributed by atoms with van der Waals surface area (Å²) in [4.78, 5) is 4.38. The Balaban J connectivity index is 0.000000149. The maximum Gasteiger partial charge on any atom is 0.131 e. The number of rotatable bonds is 0. The van der Waals surface area contributed by atoms with Gasteiger partial charge in [0.15, 0.2) is 0 Å². The second kappa shape index (κ2) is 7.87. The van der Waals surface area contributed by atoms with Crippen LogP contribution in [0.1, 0.15) is 29.7 Å². The first-order valence-corrected chi connectivity index (χ1v) is 10.6. The molecule has 0 amide bonds. The van der Waals surface area contributed by atoms with E-state index in [4.69, 9.17) is 0 Å². The molecule has 1 aliphatic rings. The van der Waals surface area contributed by atoms with Gasteiger partial charge in [-0.15, -0.1) is 0 Å². The van der Waals surface area contributed by atoms with Crippen molar-refractivity contribution >= 4 is 32.4 Å². The van der Waals surface area contributed by atoms with Crippen LogP contribution < -0.4 is 0 Å². The van der Waals surface area contributed by atoms with E-state index in [-0.39, 0.29) is 5.82 Å². The van der Waals surface area contributed by atoms with Gasteiger partial charge in [0.05, 0.1) is 5.52 Å². The van der Waals surface area contributed by atoms with Gasteiger partial charge in [-0.25, -0.2) is 4.39 Å². The van der Waals surface area contributed by atoms with Crippen LogP contribution in [0.5, 0.6) is 0 Å². The Labute approximate surface area is 176 Å². The largest absolute Gasteiger partial charge is 0.253 e. The standard InChI is InChI=1S/C18H15F.C10H9N/c19-18-11-17-13-6-2-1-5-12(13)9-10-15(17)14-7-3-4-8-16(14)18;1-8-6-7-9-4-2-3-5-10(9)11-8/h3-4,7-11H,1-2,5-6H2;2-7H,1H3. The van der Waals surface area contributed by atoms with E-state index in [9.17, 15) is 4.39 Å². The molecule has 1 heterocycles. The minimum Gasteiger partial charge on any atom is -0.253 e. The molecule has 148 valence electrons. The summed E-state index contributed by atoms with van der Waals surface area (Å²) in [6.45, 7) is 2.01. The fraction of sp³-hybridized carbons (Fsp3) is 0.179. The smallest absolute Gasteiger partial charge is 0.131 e. The molecule has 6 rings (SSSR count). The monoisotopic (exact) mass is 393 g/mol. The van der Waals surface area contributed by atoms with E-state index >= 15 is 0 Å². The van der Waals surface area contributed by atoms with Gasteiger partial charge in [-0.05, 0) is 78.1 Å². The molecule has 4 aromatic carbocycles. The number of aryl methyl sites for hydroxylation is 3. The number of pyridine rings is 1. The second-order valence-corrected chi connectivity index (χ2v) is 8.05. The van der Waals surface area contributed by atoms with Gasteiger partial charge in [0, 0.05) is 16.5 Å². The number of hydrogen-bond acceptors (Lipinski definition) is 1. The van der Waals surface area contributed by atoms with Crippen molar-refractivity contribution in [2.75, 3.05) is 0 Å². The average molecular weight is 394 g/mol. The highest BCUT2D eigenvalue weighted by Crippen LogP contribution is 2.34. The molecule has 1 nitrogen and oxygen atoms in total. The van der Waals surface area contributed by atoms with Gasteiger partial charge >= 0.3 is 0 Å². The van der Waals surface area contributed by atoms with Crippen LogP contribution >= 0.6 is 0 Å². The Morgan fingerprint density at radius 1 is 0.700 bits per heavy atom. The Bertz CT molecular complexity index is 1370. The second-order valence-electron chi connectivity index (χ2n) is 8.05. The maximum absolute atomic E-state index is 14.3. The van der Waals surface area contributed by atoms with Crippen molar-refractivity contribution in [3.05, 3.63) is 102 Å². The lowest BCUT2D eigenvalue weighted by molar-refractivity contribution is 0.640. The summed E-state index contributed by atoms with van der Waals surface area (Å²) in [6.07, 6.45) is 4.71. The van der Waals surface area contributed by atoms with Crippen LogP contribution in [0.15, 0.2) is 78.9 Å². The number of aromatic nitrogens is 1. The normalized spacial score (nSPS) is 13.1. The molecule has 0 spiro atoms. The number of halogens is 1. The highest BCUT2D eigenvalue weighted by Gasteiger charge is 2.15. The summed E-state index contributed by atoms with van der Waals surface area (Å²) in [5.74, 6) is -0.0953. The van der Waals surface area contributed by atoms with Crippen molar-refractivity contribution in [3.8, 4) is 0 Å². The zero-order chi connectivity index (χ0) is 20.5. The lowest BCUT2D eigenvalue weighted by Gasteiger charge is -2.19. The summed E-state index contributed by atoms with van der Waals surface area (Å²) in [6, 6.07) is 26.2. The lowest BCUT2D eigenvalue weighted by Crippen LogP contribution is -2.03. The van der Waals surface area contributed by atoms with Crippen LogP contribution in [0.3, 0.4) is 0 Å². The molecule has 1 aromatic heterocycles. The fourth-order valence-electron chi connectivity index (χ4n) is 4.55. The summed E-state index contributed by atoms with van der Waals surface area (Å²) in [7, 11) is 0. The molecule has 0 bridgehead atoms. The minimum atomic E-state index is -0.0953. The average Bonchev–Trinajstić information content (AvgIpc) is 2.79. The summed E-state index contributed by atoms with van der Waals surface area (Å²) >= 11 is 0. The van der Waals surface area contributed by atoms with E-state index in [1.807, 2.05) is 55.5 Å². The molecule has 2 heteroatoms. The van der Waals surface area contributed by atoms with Crippen LogP contribution in [0.25, 0.3) is 32.4 Å². The molecule has 30 heavy (non-hydrogen) atoms. The van der Waals surface area contributed by atoms with Crippen molar-refractivity contribution < 1.29 is 4.39 Å². The molecule has 1 aliphatic carbocycles. The van der Waals surface area contributed by atoms with Gasteiger partial charge in [0.2, 0.25) is 0 Å². The Kier molecular flexibility index (Phi) is 4.92. The number of para-hydroxylation sites is 1. The van der Waals surface area contributed by atoms with Crippen molar-refractivity contribution in [2.45, 2.75) is 32.6 Å². The Hall–Kier alpha value is -3.26. The van der Waals surface area contributed by atoms with Crippen LogP contribution in [-0.2, 0) is 12.8 Å². The van der Waals surface area contributed by atoms with Gasteiger partial charge in [-0.1, -0.05) is 60.7 Å². The summed E-state index contributed by atoms with van der Waals surface area (Å²) in [5, 5.41) is 5.28. The number of benzene rings is 4. The number of hydrogen-bond donors (Lipinski definition) is 0. The predicted octanol–water partition coefficient (Wildman–Crippen LogP) is 7.55. The zero-order valence-electron chi connectivity index (χ0n) is 17.2. The Morgan fingerprint density at radius 2 is 1.43 bits per heavy atom. The number of fused-ring (bicyclic) bond motifs is 6. The third-order valence-corrected chi connectivity index (χ3v) is 6.06. The number of nitrogens with zero attached hydrogens (tertiary/aromatic N) is 1. The molecule has 0 aliphatic heterocycles. The highest BCUT2D eigenvalue weighted by atomic mass is 19.1. The van der Waals surface area contributed by atoms with E-state index in [1.54, 1.807) is 6.07 Å². The van der Waals surface area contributed by atoms with Crippen molar-refractivity contribution in [2.24, 2.45) is 0 Å². The molecule has 0 saturated carbocycles. The molecular formula is C28H24FN. The SMILES string of the molecule is Cc1ccc2ccccc2n1.Fc1cc2c3c(ccc2c2ccccc12)CCCC3. The third-order valence-electron chi connectivity index (χ3n) is 6.06. The summed E-state index contributed by atoms with van der Waals surface area (Å²) < 4.78 is 14.3. The van der Waals surface area contributed by atoms with Gasteiger partial charge < -0.3 is 0 Å². The topological polar surface area (TPSA) is 12.9 Å². The van der Waals surface area contributed by atoms with Crippen LogP contribution in [0, 0.1) is 12.7 Å². The molecule has 0 radical (unpaired) electrons. The van der Waals surface area contributed by atoms with Crippen LogP contribution in [0.4, 0.5) is 4.39 Å². The van der Waals surface area contributed by atoms with E-state index in [1.165, 1.54) is 34.7 Å². The van der Waals surface area contributed by atoms with Crippen molar-refractivity contribution in [1.29, 1.82) is 0 Å². The van der Waals surface area contributed by atoms with Gasteiger partial charge in [0.25, 0.3) is 0 Å². The minimum absolute atomic E-state index is 0.0953. The Morgan fingerprint density at radius 3 is 2.33 bits per heavy atom. The molecule has 0 saturated heterocycles. The third kappa shape index (κ3) is 3.43. The quantitative estimate of drug-likeness (QED) is 0.247. The molecule has 0 fully saturated rings. The molecular weight excluding hydrogens is 369 g/mol. The lowest BCUT2D eigenvalue weighted by atomic mass is 9.86. The van der Waals surface area contributed by atoms with E-state index in [2.05, 4.69) is 29.2 Å². The highest BCUT2D eigenvalue weighted by molar-refractivity contribution is 6.09.